The number of carbonyl (C=O) groups excluding carboxylic acids is 1. The normalized spacial score (nSPS) is 12.2. The van der Waals surface area contributed by atoms with Gasteiger partial charge in [0, 0.05) is 37.5 Å². The second-order valence-corrected chi connectivity index (χ2v) is 5.89. The molecule has 1 amide bonds. The lowest BCUT2D eigenvalue weighted by molar-refractivity contribution is -0.384. The number of carbonyl (C=O) groups is 1. The molecule has 1 unspecified atom stereocenters. The van der Waals surface area contributed by atoms with Crippen LogP contribution >= 0.6 is 0 Å². The maximum atomic E-state index is 12.4. The molecule has 8 nitrogen and oxygen atoms in total. The van der Waals surface area contributed by atoms with Gasteiger partial charge in [0.15, 0.2) is 0 Å². The summed E-state index contributed by atoms with van der Waals surface area (Å²) in [5.74, 6) is -0.315. The van der Waals surface area contributed by atoms with E-state index in [0.29, 0.717) is 16.8 Å². The van der Waals surface area contributed by atoms with Gasteiger partial charge in [-0.15, -0.1) is 0 Å². The van der Waals surface area contributed by atoms with Crippen LogP contribution in [-0.2, 0) is 7.05 Å². The predicted molar refractivity (Wildman–Crippen MR) is 88.5 cm³/mol. The smallest absolute Gasteiger partial charge is 0.269 e. The van der Waals surface area contributed by atoms with Crippen molar-refractivity contribution in [3.05, 3.63) is 46.1 Å². The zero-order chi connectivity index (χ0) is 17.9. The van der Waals surface area contributed by atoms with Crippen molar-refractivity contribution in [2.45, 2.75) is 20.0 Å². The number of rotatable bonds is 6. The number of nitro benzene ring substituents is 1. The van der Waals surface area contributed by atoms with Gasteiger partial charge in [0.25, 0.3) is 11.6 Å². The van der Waals surface area contributed by atoms with Crippen LogP contribution in [0.25, 0.3) is 11.3 Å². The summed E-state index contributed by atoms with van der Waals surface area (Å²) in [4.78, 5) is 22.6. The summed E-state index contributed by atoms with van der Waals surface area (Å²) >= 11 is 0. The van der Waals surface area contributed by atoms with Crippen LogP contribution in [0.4, 0.5) is 5.69 Å². The van der Waals surface area contributed by atoms with Crippen molar-refractivity contribution in [1.82, 2.24) is 15.1 Å². The first-order valence-electron chi connectivity index (χ1n) is 7.54. The minimum Gasteiger partial charge on any atom is -0.391 e. The summed E-state index contributed by atoms with van der Waals surface area (Å²) in [6, 6.07) is 5.85. The van der Waals surface area contributed by atoms with Gasteiger partial charge >= 0.3 is 0 Å². The zero-order valence-electron chi connectivity index (χ0n) is 13.8. The van der Waals surface area contributed by atoms with Crippen LogP contribution in [0.3, 0.4) is 0 Å². The van der Waals surface area contributed by atoms with Gasteiger partial charge in [-0.2, -0.15) is 5.10 Å². The molecule has 8 heteroatoms. The number of non-ortho nitro benzene ring substituents is 1. The molecular weight excluding hydrogens is 312 g/mol. The highest BCUT2D eigenvalue weighted by molar-refractivity contribution is 5.99. The molecular formula is C16H20N4O4. The average Bonchev–Trinajstić information content (AvgIpc) is 2.94. The molecule has 24 heavy (non-hydrogen) atoms. The molecule has 1 heterocycles. The molecule has 1 aromatic carbocycles. The number of hydrogen-bond donors (Lipinski definition) is 2. The number of aromatic nitrogens is 2. The fourth-order valence-corrected chi connectivity index (χ4v) is 2.14. The van der Waals surface area contributed by atoms with Crippen LogP contribution in [0.15, 0.2) is 30.5 Å². The predicted octanol–water partition coefficient (Wildman–Crippen LogP) is 1.74. The molecule has 0 saturated carbocycles. The highest BCUT2D eigenvalue weighted by atomic mass is 16.6. The molecule has 0 radical (unpaired) electrons. The van der Waals surface area contributed by atoms with Crippen molar-refractivity contribution in [2.75, 3.05) is 6.54 Å². The van der Waals surface area contributed by atoms with E-state index in [1.54, 1.807) is 25.4 Å². The lowest BCUT2D eigenvalue weighted by Crippen LogP contribution is -2.34. The van der Waals surface area contributed by atoms with Crippen LogP contribution in [0.5, 0.6) is 0 Å². The Balaban J connectivity index is 2.23. The van der Waals surface area contributed by atoms with E-state index in [1.807, 2.05) is 13.8 Å². The quantitative estimate of drug-likeness (QED) is 0.618. The van der Waals surface area contributed by atoms with Gasteiger partial charge in [-0.3, -0.25) is 19.6 Å². The molecule has 0 aliphatic carbocycles. The Morgan fingerprint density at radius 3 is 2.54 bits per heavy atom. The Bertz CT molecular complexity index is 737. The van der Waals surface area contributed by atoms with E-state index < -0.39 is 11.0 Å². The van der Waals surface area contributed by atoms with Crippen LogP contribution in [0.2, 0.25) is 0 Å². The van der Waals surface area contributed by atoms with E-state index in [2.05, 4.69) is 10.4 Å². The van der Waals surface area contributed by atoms with Gasteiger partial charge in [-0.25, -0.2) is 0 Å². The minimum absolute atomic E-state index is 0.0271. The number of benzene rings is 1. The van der Waals surface area contributed by atoms with Gasteiger partial charge in [-0.1, -0.05) is 13.8 Å². The Hall–Kier alpha value is -2.74. The fourth-order valence-electron chi connectivity index (χ4n) is 2.14. The minimum atomic E-state index is -0.631. The topological polar surface area (TPSA) is 110 Å². The number of nitrogens with zero attached hydrogens (tertiary/aromatic N) is 3. The Morgan fingerprint density at radius 2 is 2.00 bits per heavy atom. The van der Waals surface area contributed by atoms with E-state index in [9.17, 15) is 20.0 Å². The number of aliphatic hydroxyl groups is 1. The van der Waals surface area contributed by atoms with Crippen molar-refractivity contribution in [2.24, 2.45) is 13.0 Å². The Morgan fingerprint density at radius 1 is 1.38 bits per heavy atom. The van der Waals surface area contributed by atoms with Gasteiger partial charge in [0.05, 0.1) is 16.6 Å². The van der Waals surface area contributed by atoms with Gasteiger partial charge in [-0.05, 0) is 18.1 Å². The first kappa shape index (κ1) is 17.6. The number of amides is 1. The molecule has 0 aliphatic rings. The summed E-state index contributed by atoms with van der Waals surface area (Å²) in [6.45, 7) is 3.87. The first-order chi connectivity index (χ1) is 11.3. The van der Waals surface area contributed by atoms with Crippen molar-refractivity contribution < 1.29 is 14.8 Å². The largest absolute Gasteiger partial charge is 0.391 e. The van der Waals surface area contributed by atoms with Gasteiger partial charge in [0.1, 0.15) is 5.69 Å². The molecule has 0 aliphatic heterocycles. The summed E-state index contributed by atoms with van der Waals surface area (Å²) in [6.07, 6.45) is 0.946. The van der Waals surface area contributed by atoms with Crippen LogP contribution in [0.1, 0.15) is 24.2 Å². The second-order valence-electron chi connectivity index (χ2n) is 5.89. The monoisotopic (exact) mass is 332 g/mol. The molecule has 0 saturated heterocycles. The second kappa shape index (κ2) is 7.22. The van der Waals surface area contributed by atoms with E-state index in [4.69, 9.17) is 0 Å². The molecule has 1 aromatic heterocycles. The lowest BCUT2D eigenvalue weighted by Gasteiger charge is -2.14. The molecule has 0 fully saturated rings. The van der Waals surface area contributed by atoms with Crippen molar-refractivity contribution in [3.63, 3.8) is 0 Å². The van der Waals surface area contributed by atoms with E-state index in [1.165, 1.54) is 16.8 Å². The number of nitrogens with one attached hydrogen (secondary N) is 1. The molecule has 0 spiro atoms. The standard InChI is InChI=1S/C16H20N4O4/c1-10(2)14(21)8-17-16(22)13-9-19(3)18-15(13)11-4-6-12(7-5-11)20(23)24/h4-7,9-10,14,21H,8H2,1-3H3,(H,17,22). The zero-order valence-corrected chi connectivity index (χ0v) is 13.8. The van der Waals surface area contributed by atoms with Crippen molar-refractivity contribution >= 4 is 11.6 Å². The van der Waals surface area contributed by atoms with Crippen LogP contribution < -0.4 is 5.32 Å². The first-order valence-corrected chi connectivity index (χ1v) is 7.54. The van der Waals surface area contributed by atoms with Crippen LogP contribution in [-0.4, -0.2) is 38.4 Å². The Labute approximate surface area is 139 Å². The summed E-state index contributed by atoms with van der Waals surface area (Å²) < 4.78 is 1.50. The summed E-state index contributed by atoms with van der Waals surface area (Å²) in [5, 5.41) is 27.5. The SMILES string of the molecule is CC(C)C(O)CNC(=O)c1cn(C)nc1-c1ccc([N+](=O)[O-])cc1. The number of hydrogen-bond acceptors (Lipinski definition) is 5. The maximum absolute atomic E-state index is 12.4. The lowest BCUT2D eigenvalue weighted by atomic mass is 10.1. The molecule has 128 valence electrons. The molecule has 2 aromatic rings. The van der Waals surface area contributed by atoms with E-state index in [-0.39, 0.29) is 24.1 Å². The van der Waals surface area contributed by atoms with Crippen molar-refractivity contribution in [3.8, 4) is 11.3 Å². The molecule has 2 N–H and O–H groups in total. The van der Waals surface area contributed by atoms with E-state index >= 15 is 0 Å². The molecule has 1 atom stereocenters. The third kappa shape index (κ3) is 3.96. The van der Waals surface area contributed by atoms with Crippen LogP contribution in [0, 0.1) is 16.0 Å². The van der Waals surface area contributed by atoms with Crippen molar-refractivity contribution in [1.29, 1.82) is 0 Å². The van der Waals surface area contributed by atoms with Gasteiger partial charge in [0.2, 0.25) is 0 Å². The number of aliphatic hydroxyl groups excluding tert-OH is 1. The Kier molecular flexibility index (Phi) is 5.30. The van der Waals surface area contributed by atoms with Gasteiger partial charge < -0.3 is 10.4 Å². The fraction of sp³-hybridized carbons (Fsp3) is 0.375. The average molecular weight is 332 g/mol. The third-order valence-corrected chi connectivity index (χ3v) is 3.67. The highest BCUT2D eigenvalue weighted by Crippen LogP contribution is 2.24. The number of aryl methyl sites for hydroxylation is 1. The molecule has 0 bridgehead atoms. The highest BCUT2D eigenvalue weighted by Gasteiger charge is 2.19. The molecule has 2 rings (SSSR count). The number of nitro groups is 1. The summed E-state index contributed by atoms with van der Waals surface area (Å²) in [7, 11) is 1.69. The maximum Gasteiger partial charge on any atom is 0.269 e. The van der Waals surface area contributed by atoms with E-state index in [0.717, 1.165) is 0 Å². The third-order valence-electron chi connectivity index (χ3n) is 3.67. The summed E-state index contributed by atoms with van der Waals surface area (Å²) in [5.41, 5.74) is 1.36.